The second-order valence-corrected chi connectivity index (χ2v) is 12.1. The van der Waals surface area contributed by atoms with Gasteiger partial charge in [0.2, 0.25) is 22.7 Å². The van der Waals surface area contributed by atoms with E-state index in [2.05, 4.69) is 0 Å². The van der Waals surface area contributed by atoms with Gasteiger partial charge in [-0.05, 0) is 79.2 Å². The number of aryl methyl sites for hydroxylation is 1. The number of amides is 1. The van der Waals surface area contributed by atoms with Crippen LogP contribution in [0.3, 0.4) is 0 Å². The van der Waals surface area contributed by atoms with E-state index in [1.807, 2.05) is 50.4 Å². The Kier molecular flexibility index (Phi) is 8.24. The maximum Gasteiger partial charge on any atom is 0.243 e. The number of hydrogen-bond acceptors (Lipinski definition) is 6. The van der Waals surface area contributed by atoms with Crippen LogP contribution in [-0.4, -0.2) is 42.9 Å². The van der Waals surface area contributed by atoms with Crippen molar-refractivity contribution in [2.75, 3.05) is 13.3 Å². The van der Waals surface area contributed by atoms with Crippen LogP contribution in [0.15, 0.2) is 58.8 Å². The number of carbonyl (C=O) groups excluding carboxylic acids is 1. The van der Waals surface area contributed by atoms with Crippen molar-refractivity contribution in [3.63, 3.8) is 0 Å². The first-order valence-electron chi connectivity index (χ1n) is 11.7. The van der Waals surface area contributed by atoms with Crippen molar-refractivity contribution < 1.29 is 22.7 Å². The van der Waals surface area contributed by atoms with Gasteiger partial charge in [0.25, 0.3) is 0 Å². The summed E-state index contributed by atoms with van der Waals surface area (Å²) < 4.78 is 39.3. The lowest BCUT2D eigenvalue weighted by Crippen LogP contribution is -2.46. The van der Waals surface area contributed by atoms with Gasteiger partial charge in [-0.3, -0.25) is 4.79 Å². The van der Waals surface area contributed by atoms with Crippen LogP contribution < -0.4 is 9.47 Å². The van der Waals surface area contributed by atoms with Crippen molar-refractivity contribution in [1.29, 1.82) is 0 Å². The number of halogens is 1. The minimum atomic E-state index is -3.92. The number of benzene rings is 2. The smallest absolute Gasteiger partial charge is 0.243 e. The fraction of sp³-hybridized carbons (Fsp3) is 0.346. The summed E-state index contributed by atoms with van der Waals surface area (Å²) in [5.41, 5.74) is 1.97. The molecule has 7 nitrogen and oxygen atoms in total. The zero-order valence-electron chi connectivity index (χ0n) is 20.4. The molecule has 0 bridgehead atoms. The average molecular weight is 549 g/mol. The van der Waals surface area contributed by atoms with E-state index in [0.717, 1.165) is 16.0 Å². The van der Waals surface area contributed by atoms with Crippen molar-refractivity contribution in [2.24, 2.45) is 0 Å². The molecular formula is C26H29ClN2O5S2. The summed E-state index contributed by atoms with van der Waals surface area (Å²) in [6, 6.07) is 13.2. The third kappa shape index (κ3) is 5.86. The lowest BCUT2D eigenvalue weighted by molar-refractivity contribution is -0.133. The molecule has 0 fully saturated rings. The van der Waals surface area contributed by atoms with Crippen molar-refractivity contribution >= 4 is 38.9 Å². The van der Waals surface area contributed by atoms with Crippen LogP contribution in [-0.2, 0) is 27.9 Å². The second kappa shape index (κ2) is 11.2. The number of rotatable bonds is 10. The predicted octanol–water partition coefficient (Wildman–Crippen LogP) is 5.46. The van der Waals surface area contributed by atoms with E-state index < -0.39 is 10.0 Å². The Bertz CT molecular complexity index is 1320. The van der Waals surface area contributed by atoms with Crippen LogP contribution in [0.1, 0.15) is 36.3 Å². The molecule has 192 valence electrons. The van der Waals surface area contributed by atoms with Gasteiger partial charge in [0.15, 0.2) is 11.5 Å². The zero-order chi connectivity index (χ0) is 25.9. The monoisotopic (exact) mass is 548 g/mol. The molecular weight excluding hydrogens is 520 g/mol. The molecule has 1 aliphatic rings. The SMILES string of the molecule is CC[C@H](C)N(CC(=O)N(Cc1ccc2c(c1)OCO2)Cc1sccc1C)S(=O)(=O)c1ccc(Cl)cc1. The minimum absolute atomic E-state index is 0.108. The van der Waals surface area contributed by atoms with Gasteiger partial charge in [-0.15, -0.1) is 11.3 Å². The van der Waals surface area contributed by atoms with E-state index in [1.165, 1.54) is 28.6 Å². The summed E-state index contributed by atoms with van der Waals surface area (Å²) in [6.45, 7) is 6.31. The first kappa shape index (κ1) is 26.5. The van der Waals surface area contributed by atoms with Gasteiger partial charge in [-0.2, -0.15) is 4.31 Å². The Morgan fingerprint density at radius 1 is 1.08 bits per heavy atom. The Labute approximate surface area is 221 Å². The lowest BCUT2D eigenvalue weighted by atomic mass is 10.1. The van der Waals surface area contributed by atoms with Crippen LogP contribution in [0.4, 0.5) is 0 Å². The third-order valence-electron chi connectivity index (χ3n) is 6.26. The Hall–Kier alpha value is -2.59. The fourth-order valence-corrected chi connectivity index (χ4v) is 6.59. The van der Waals surface area contributed by atoms with Gasteiger partial charge in [-0.25, -0.2) is 8.42 Å². The third-order valence-corrected chi connectivity index (χ3v) is 9.49. The average Bonchev–Trinajstić information content (AvgIpc) is 3.50. The quantitative estimate of drug-likeness (QED) is 0.336. The predicted molar refractivity (Wildman–Crippen MR) is 141 cm³/mol. The largest absolute Gasteiger partial charge is 0.454 e. The Balaban J connectivity index is 1.62. The normalized spacial score (nSPS) is 13.7. The highest BCUT2D eigenvalue weighted by Gasteiger charge is 2.32. The molecule has 0 spiro atoms. The molecule has 2 aromatic carbocycles. The highest BCUT2D eigenvalue weighted by atomic mass is 35.5. The van der Waals surface area contributed by atoms with Crippen LogP contribution >= 0.6 is 22.9 Å². The topological polar surface area (TPSA) is 76.2 Å². The molecule has 1 atom stereocenters. The molecule has 0 radical (unpaired) electrons. The number of sulfonamides is 1. The van der Waals surface area contributed by atoms with E-state index >= 15 is 0 Å². The molecule has 0 N–H and O–H groups in total. The zero-order valence-corrected chi connectivity index (χ0v) is 22.8. The summed E-state index contributed by atoms with van der Waals surface area (Å²) in [4.78, 5) is 16.6. The molecule has 1 aliphatic heterocycles. The van der Waals surface area contributed by atoms with Crippen molar-refractivity contribution in [1.82, 2.24) is 9.21 Å². The summed E-state index contributed by atoms with van der Waals surface area (Å²) in [5, 5.41) is 2.44. The van der Waals surface area contributed by atoms with E-state index in [0.29, 0.717) is 36.0 Å². The number of thiophene rings is 1. The minimum Gasteiger partial charge on any atom is -0.454 e. The van der Waals surface area contributed by atoms with Gasteiger partial charge in [0.1, 0.15) is 0 Å². The molecule has 4 rings (SSSR count). The number of carbonyl (C=O) groups is 1. The molecule has 0 saturated carbocycles. The molecule has 1 amide bonds. The van der Waals surface area contributed by atoms with Gasteiger partial charge in [0, 0.05) is 22.5 Å². The lowest BCUT2D eigenvalue weighted by Gasteiger charge is -2.30. The fourth-order valence-electron chi connectivity index (χ4n) is 3.89. The van der Waals surface area contributed by atoms with E-state index in [-0.39, 0.29) is 30.2 Å². The van der Waals surface area contributed by atoms with Gasteiger partial charge in [-0.1, -0.05) is 24.6 Å². The standard InChI is InChI=1S/C26H29ClN2O5S2/c1-4-19(3)29(36(31,32)22-8-6-21(27)7-9-22)16-26(30)28(15-25-18(2)11-12-35-25)14-20-5-10-23-24(13-20)34-17-33-23/h5-13,19H,4,14-17H2,1-3H3/t19-/m0/s1. The summed E-state index contributed by atoms with van der Waals surface area (Å²) >= 11 is 7.54. The maximum absolute atomic E-state index is 13.7. The molecule has 0 saturated heterocycles. The number of hydrogen-bond donors (Lipinski definition) is 0. The molecule has 10 heteroatoms. The van der Waals surface area contributed by atoms with Crippen molar-refractivity contribution in [3.8, 4) is 11.5 Å². The van der Waals surface area contributed by atoms with Gasteiger partial charge in [0.05, 0.1) is 18.0 Å². The van der Waals surface area contributed by atoms with Crippen LogP contribution in [0.25, 0.3) is 0 Å². The Morgan fingerprint density at radius 2 is 1.81 bits per heavy atom. The number of nitrogens with zero attached hydrogens (tertiary/aromatic N) is 2. The second-order valence-electron chi connectivity index (χ2n) is 8.73. The molecule has 3 aromatic rings. The maximum atomic E-state index is 13.7. The molecule has 2 heterocycles. The van der Waals surface area contributed by atoms with Gasteiger partial charge < -0.3 is 14.4 Å². The van der Waals surface area contributed by atoms with Crippen LogP contribution in [0.2, 0.25) is 5.02 Å². The molecule has 0 aliphatic carbocycles. The van der Waals surface area contributed by atoms with Crippen LogP contribution in [0.5, 0.6) is 11.5 Å². The number of fused-ring (bicyclic) bond motifs is 1. The first-order valence-corrected chi connectivity index (χ1v) is 14.4. The highest BCUT2D eigenvalue weighted by Crippen LogP contribution is 2.33. The van der Waals surface area contributed by atoms with E-state index in [1.54, 1.807) is 16.2 Å². The van der Waals surface area contributed by atoms with Crippen molar-refractivity contribution in [3.05, 3.63) is 74.9 Å². The van der Waals surface area contributed by atoms with E-state index in [4.69, 9.17) is 21.1 Å². The van der Waals surface area contributed by atoms with Gasteiger partial charge >= 0.3 is 0 Å². The molecule has 36 heavy (non-hydrogen) atoms. The summed E-state index contributed by atoms with van der Waals surface area (Å²) in [6.07, 6.45) is 0.562. The molecule has 0 unspecified atom stereocenters. The number of ether oxygens (including phenoxy) is 2. The first-order chi connectivity index (χ1) is 17.2. The van der Waals surface area contributed by atoms with Crippen LogP contribution in [0, 0.1) is 6.92 Å². The highest BCUT2D eigenvalue weighted by molar-refractivity contribution is 7.89. The molecule has 1 aromatic heterocycles. The Morgan fingerprint density at radius 3 is 2.47 bits per heavy atom. The van der Waals surface area contributed by atoms with Crippen molar-refractivity contribution in [2.45, 2.75) is 51.2 Å². The van der Waals surface area contributed by atoms with E-state index in [9.17, 15) is 13.2 Å². The summed E-state index contributed by atoms with van der Waals surface area (Å²) in [5.74, 6) is 1.03. The summed E-state index contributed by atoms with van der Waals surface area (Å²) in [7, 11) is -3.92.